The monoisotopic (exact) mass is 268 g/mol. The van der Waals surface area contributed by atoms with Crippen LogP contribution in [0.1, 0.15) is 21.6 Å². The fraction of sp³-hybridized carbons (Fsp3) is 0.200. The number of hydrogen-bond donors (Lipinski definition) is 2. The van der Waals surface area contributed by atoms with Gasteiger partial charge in [-0.3, -0.25) is 9.48 Å². The zero-order valence-corrected chi connectivity index (χ0v) is 11.5. The summed E-state index contributed by atoms with van der Waals surface area (Å²) in [6, 6.07) is 7.28. The Labute approximate surface area is 117 Å². The maximum Gasteiger partial charge on any atom is 0.273 e. The molecule has 5 heteroatoms. The van der Waals surface area contributed by atoms with Crippen LogP contribution in [0.15, 0.2) is 30.5 Å². The molecule has 2 rings (SSSR count). The third-order valence-corrected chi connectivity index (χ3v) is 2.86. The van der Waals surface area contributed by atoms with Crippen LogP contribution in [0.2, 0.25) is 0 Å². The summed E-state index contributed by atoms with van der Waals surface area (Å²) in [4.78, 5) is 12.1. The van der Waals surface area contributed by atoms with E-state index in [1.165, 1.54) is 4.68 Å². The normalized spacial score (nSPS) is 9.75. The highest BCUT2D eigenvalue weighted by molar-refractivity contribution is 6.03. The predicted octanol–water partition coefficient (Wildman–Crippen LogP) is 1.29. The number of aryl methyl sites for hydroxylation is 2. The van der Waals surface area contributed by atoms with Crippen LogP contribution < -0.4 is 11.1 Å². The summed E-state index contributed by atoms with van der Waals surface area (Å²) in [5.41, 5.74) is 8.44. The molecule has 0 fully saturated rings. The second-order valence-electron chi connectivity index (χ2n) is 4.33. The Balaban J connectivity index is 2.18. The van der Waals surface area contributed by atoms with Gasteiger partial charge in [0.2, 0.25) is 0 Å². The average Bonchev–Trinajstić information content (AvgIpc) is 2.85. The van der Waals surface area contributed by atoms with Gasteiger partial charge in [0, 0.05) is 24.5 Å². The zero-order chi connectivity index (χ0) is 14.5. The molecule has 1 aromatic heterocycles. The molecular formula is C15H16N4O. The van der Waals surface area contributed by atoms with Gasteiger partial charge < -0.3 is 11.1 Å². The molecule has 0 bridgehead atoms. The molecule has 0 unspecified atom stereocenters. The number of aromatic nitrogens is 2. The quantitative estimate of drug-likeness (QED) is 0.806. The molecule has 0 radical (unpaired) electrons. The Kier molecular flexibility index (Phi) is 4.18. The third kappa shape index (κ3) is 3.05. The number of amides is 1. The van der Waals surface area contributed by atoms with Crippen LogP contribution in [0.4, 0.5) is 5.69 Å². The first-order valence-corrected chi connectivity index (χ1v) is 6.20. The van der Waals surface area contributed by atoms with Crippen LogP contribution in [0, 0.1) is 18.8 Å². The van der Waals surface area contributed by atoms with Crippen LogP contribution in [-0.4, -0.2) is 22.2 Å². The van der Waals surface area contributed by atoms with Crippen molar-refractivity contribution in [2.75, 3.05) is 11.9 Å². The van der Waals surface area contributed by atoms with Gasteiger partial charge in [-0.05, 0) is 36.8 Å². The molecule has 5 nitrogen and oxygen atoms in total. The summed E-state index contributed by atoms with van der Waals surface area (Å²) in [5, 5.41) is 6.84. The van der Waals surface area contributed by atoms with Gasteiger partial charge in [0.15, 0.2) is 0 Å². The molecule has 0 aliphatic rings. The van der Waals surface area contributed by atoms with Gasteiger partial charge >= 0.3 is 0 Å². The molecule has 0 saturated carbocycles. The van der Waals surface area contributed by atoms with Crippen molar-refractivity contribution in [3.63, 3.8) is 0 Å². The molecule has 0 aliphatic heterocycles. The van der Waals surface area contributed by atoms with E-state index in [1.54, 1.807) is 19.3 Å². The second kappa shape index (κ2) is 6.04. The minimum Gasteiger partial charge on any atom is -0.320 e. The summed E-state index contributed by atoms with van der Waals surface area (Å²) in [7, 11) is 1.73. The van der Waals surface area contributed by atoms with Crippen molar-refractivity contribution in [2.45, 2.75) is 6.92 Å². The lowest BCUT2D eigenvalue weighted by molar-refractivity contribution is 0.101. The van der Waals surface area contributed by atoms with E-state index in [0.717, 1.165) is 16.8 Å². The number of carbonyl (C=O) groups excluding carboxylic acids is 1. The molecule has 1 amide bonds. The highest BCUT2D eigenvalue weighted by Gasteiger charge is 2.11. The number of nitrogens with zero attached hydrogens (tertiary/aromatic N) is 2. The van der Waals surface area contributed by atoms with E-state index in [4.69, 9.17) is 5.73 Å². The second-order valence-corrected chi connectivity index (χ2v) is 4.33. The fourth-order valence-electron chi connectivity index (χ4n) is 1.82. The Morgan fingerprint density at radius 2 is 2.25 bits per heavy atom. The average molecular weight is 268 g/mol. The maximum atomic E-state index is 12.1. The molecule has 0 atom stereocenters. The van der Waals surface area contributed by atoms with E-state index in [2.05, 4.69) is 22.3 Å². The van der Waals surface area contributed by atoms with Gasteiger partial charge in [-0.25, -0.2) is 0 Å². The third-order valence-electron chi connectivity index (χ3n) is 2.86. The Morgan fingerprint density at radius 3 is 2.85 bits per heavy atom. The number of nitrogens with one attached hydrogen (secondary N) is 1. The molecule has 102 valence electrons. The molecule has 3 N–H and O–H groups in total. The van der Waals surface area contributed by atoms with E-state index < -0.39 is 0 Å². The number of nitrogens with two attached hydrogens (primary N) is 1. The van der Waals surface area contributed by atoms with Crippen molar-refractivity contribution in [1.29, 1.82) is 0 Å². The molecule has 1 heterocycles. The smallest absolute Gasteiger partial charge is 0.273 e. The SMILES string of the molecule is Cc1cc(C#CCN)ccc1NC(=O)c1ccnn1C. The van der Waals surface area contributed by atoms with E-state index in [-0.39, 0.29) is 5.91 Å². The van der Waals surface area contributed by atoms with Crippen molar-refractivity contribution in [3.05, 3.63) is 47.3 Å². The van der Waals surface area contributed by atoms with Gasteiger partial charge in [-0.1, -0.05) is 11.8 Å². The Morgan fingerprint density at radius 1 is 1.45 bits per heavy atom. The maximum absolute atomic E-state index is 12.1. The highest BCUT2D eigenvalue weighted by atomic mass is 16.2. The Hall–Kier alpha value is -2.58. The first-order chi connectivity index (χ1) is 9.61. The Bertz CT molecular complexity index is 691. The highest BCUT2D eigenvalue weighted by Crippen LogP contribution is 2.17. The number of benzene rings is 1. The fourth-order valence-corrected chi connectivity index (χ4v) is 1.82. The molecule has 0 saturated heterocycles. The van der Waals surface area contributed by atoms with E-state index in [9.17, 15) is 4.79 Å². The summed E-state index contributed by atoms with van der Waals surface area (Å²) < 4.78 is 1.53. The zero-order valence-electron chi connectivity index (χ0n) is 11.5. The first kappa shape index (κ1) is 13.8. The lowest BCUT2D eigenvalue weighted by atomic mass is 10.1. The summed E-state index contributed by atoms with van der Waals surface area (Å²) in [6.45, 7) is 2.25. The predicted molar refractivity (Wildman–Crippen MR) is 78.3 cm³/mol. The molecule has 20 heavy (non-hydrogen) atoms. The topological polar surface area (TPSA) is 72.9 Å². The van der Waals surface area contributed by atoms with Gasteiger partial charge in [-0.2, -0.15) is 5.10 Å². The van der Waals surface area contributed by atoms with Crippen LogP contribution >= 0.6 is 0 Å². The standard InChI is InChI=1S/C15H16N4O/c1-11-10-12(4-3-8-16)5-6-13(11)18-15(20)14-7-9-17-19(14)2/h5-7,9-10H,8,16H2,1-2H3,(H,18,20). The number of anilines is 1. The summed E-state index contributed by atoms with van der Waals surface area (Å²) in [5.74, 6) is 5.58. The number of carbonyl (C=O) groups is 1. The number of rotatable bonds is 2. The minimum absolute atomic E-state index is 0.186. The molecule has 0 spiro atoms. The summed E-state index contributed by atoms with van der Waals surface area (Å²) >= 11 is 0. The van der Waals surface area contributed by atoms with Crippen LogP contribution in [0.5, 0.6) is 0 Å². The van der Waals surface area contributed by atoms with E-state index >= 15 is 0 Å². The first-order valence-electron chi connectivity index (χ1n) is 6.20. The van der Waals surface area contributed by atoms with E-state index in [0.29, 0.717) is 12.2 Å². The van der Waals surface area contributed by atoms with Gasteiger partial charge in [-0.15, -0.1) is 0 Å². The largest absolute Gasteiger partial charge is 0.320 e. The van der Waals surface area contributed by atoms with Gasteiger partial charge in [0.25, 0.3) is 5.91 Å². The van der Waals surface area contributed by atoms with Crippen molar-refractivity contribution < 1.29 is 4.79 Å². The summed E-state index contributed by atoms with van der Waals surface area (Å²) in [6.07, 6.45) is 1.59. The lowest BCUT2D eigenvalue weighted by Crippen LogP contribution is -2.16. The lowest BCUT2D eigenvalue weighted by Gasteiger charge is -2.08. The molecular weight excluding hydrogens is 252 g/mol. The van der Waals surface area contributed by atoms with Gasteiger partial charge in [0.05, 0.1) is 6.54 Å². The van der Waals surface area contributed by atoms with Crippen molar-refractivity contribution >= 4 is 11.6 Å². The molecule has 0 aliphatic carbocycles. The van der Waals surface area contributed by atoms with E-state index in [1.807, 2.05) is 25.1 Å². The van der Waals surface area contributed by atoms with Crippen LogP contribution in [0.3, 0.4) is 0 Å². The molecule has 2 aromatic rings. The minimum atomic E-state index is -0.186. The van der Waals surface area contributed by atoms with Crippen molar-refractivity contribution in [2.24, 2.45) is 12.8 Å². The van der Waals surface area contributed by atoms with Crippen LogP contribution in [-0.2, 0) is 7.05 Å². The van der Waals surface area contributed by atoms with Crippen molar-refractivity contribution in [3.8, 4) is 11.8 Å². The van der Waals surface area contributed by atoms with Gasteiger partial charge in [0.1, 0.15) is 5.69 Å². The van der Waals surface area contributed by atoms with Crippen LogP contribution in [0.25, 0.3) is 0 Å². The number of hydrogen-bond acceptors (Lipinski definition) is 3. The van der Waals surface area contributed by atoms with Crippen molar-refractivity contribution in [1.82, 2.24) is 9.78 Å². The molecule has 1 aromatic carbocycles.